The fraction of sp³-hybridized carbons (Fsp3) is 0.875. The SMILES string of the molecule is CCC(C)CNC1=NCCS1. The van der Waals surface area contributed by atoms with Crippen LogP contribution in [-0.2, 0) is 0 Å². The number of hydrogen-bond acceptors (Lipinski definition) is 3. The summed E-state index contributed by atoms with van der Waals surface area (Å²) < 4.78 is 0. The van der Waals surface area contributed by atoms with E-state index in [9.17, 15) is 0 Å². The molecule has 0 aromatic heterocycles. The molecule has 1 aliphatic heterocycles. The molecule has 11 heavy (non-hydrogen) atoms. The van der Waals surface area contributed by atoms with E-state index in [1.807, 2.05) is 11.8 Å². The summed E-state index contributed by atoms with van der Waals surface area (Å²) in [5.74, 6) is 1.92. The first-order valence-corrected chi connectivity index (χ1v) is 5.22. The third-order valence-electron chi connectivity index (χ3n) is 1.88. The first-order chi connectivity index (χ1) is 5.33. The Morgan fingerprint density at radius 3 is 3.09 bits per heavy atom. The molecule has 2 nitrogen and oxygen atoms in total. The molecule has 0 spiro atoms. The normalized spacial score (nSPS) is 19.6. The molecule has 1 rings (SSSR count). The predicted octanol–water partition coefficient (Wildman–Crippen LogP) is 1.72. The van der Waals surface area contributed by atoms with Crippen molar-refractivity contribution in [2.45, 2.75) is 20.3 Å². The first kappa shape index (κ1) is 8.91. The fourth-order valence-corrected chi connectivity index (χ4v) is 1.59. The monoisotopic (exact) mass is 172 g/mol. The number of nitrogens with zero attached hydrogens (tertiary/aromatic N) is 1. The van der Waals surface area contributed by atoms with Crippen LogP contribution >= 0.6 is 11.8 Å². The lowest BCUT2D eigenvalue weighted by atomic mass is 10.1. The molecule has 0 aromatic carbocycles. The molecule has 3 heteroatoms. The summed E-state index contributed by atoms with van der Waals surface area (Å²) in [6.07, 6.45) is 1.24. The van der Waals surface area contributed by atoms with E-state index >= 15 is 0 Å². The van der Waals surface area contributed by atoms with Crippen LogP contribution in [0.4, 0.5) is 0 Å². The van der Waals surface area contributed by atoms with Gasteiger partial charge in [0, 0.05) is 12.3 Å². The van der Waals surface area contributed by atoms with E-state index in [0.717, 1.165) is 29.9 Å². The van der Waals surface area contributed by atoms with Gasteiger partial charge in [-0.15, -0.1) is 0 Å². The summed E-state index contributed by atoms with van der Waals surface area (Å²) in [5, 5.41) is 4.49. The van der Waals surface area contributed by atoms with E-state index in [2.05, 4.69) is 24.2 Å². The number of thioether (sulfide) groups is 1. The van der Waals surface area contributed by atoms with Crippen molar-refractivity contribution < 1.29 is 0 Å². The minimum atomic E-state index is 0.763. The van der Waals surface area contributed by atoms with E-state index in [-0.39, 0.29) is 0 Å². The molecule has 0 saturated heterocycles. The van der Waals surface area contributed by atoms with E-state index in [1.54, 1.807) is 0 Å². The van der Waals surface area contributed by atoms with Gasteiger partial charge in [-0.2, -0.15) is 0 Å². The number of amidine groups is 1. The smallest absolute Gasteiger partial charge is 0.156 e. The summed E-state index contributed by atoms with van der Waals surface area (Å²) >= 11 is 1.83. The minimum absolute atomic E-state index is 0.763. The molecular weight excluding hydrogens is 156 g/mol. The molecule has 64 valence electrons. The van der Waals surface area contributed by atoms with Crippen LogP contribution in [0.1, 0.15) is 20.3 Å². The zero-order valence-corrected chi connectivity index (χ0v) is 8.08. The summed E-state index contributed by atoms with van der Waals surface area (Å²) in [4.78, 5) is 4.31. The van der Waals surface area contributed by atoms with Crippen LogP contribution < -0.4 is 5.32 Å². The highest BCUT2D eigenvalue weighted by molar-refractivity contribution is 8.14. The Morgan fingerprint density at radius 2 is 2.55 bits per heavy atom. The zero-order valence-electron chi connectivity index (χ0n) is 7.26. The molecule has 0 fully saturated rings. The van der Waals surface area contributed by atoms with Crippen molar-refractivity contribution >= 4 is 16.9 Å². The third kappa shape index (κ3) is 3.14. The number of nitrogens with one attached hydrogen (secondary N) is 1. The van der Waals surface area contributed by atoms with Gasteiger partial charge in [0.2, 0.25) is 0 Å². The van der Waals surface area contributed by atoms with Gasteiger partial charge in [-0.05, 0) is 5.92 Å². The lowest BCUT2D eigenvalue weighted by Crippen LogP contribution is -2.24. The van der Waals surface area contributed by atoms with Crippen molar-refractivity contribution in [1.82, 2.24) is 5.32 Å². The third-order valence-corrected chi connectivity index (χ3v) is 2.82. The second-order valence-electron chi connectivity index (χ2n) is 2.93. The van der Waals surface area contributed by atoms with Gasteiger partial charge < -0.3 is 5.32 Å². The maximum atomic E-state index is 4.31. The quantitative estimate of drug-likeness (QED) is 0.701. The van der Waals surface area contributed by atoms with Gasteiger partial charge in [-0.1, -0.05) is 32.0 Å². The predicted molar refractivity (Wildman–Crippen MR) is 52.2 cm³/mol. The minimum Gasteiger partial charge on any atom is -0.365 e. The highest BCUT2D eigenvalue weighted by Crippen LogP contribution is 2.09. The van der Waals surface area contributed by atoms with E-state index in [4.69, 9.17) is 0 Å². The van der Waals surface area contributed by atoms with Crippen molar-refractivity contribution in [1.29, 1.82) is 0 Å². The van der Waals surface area contributed by atoms with Gasteiger partial charge in [0.15, 0.2) is 5.17 Å². The Balaban J connectivity index is 2.11. The molecule has 1 heterocycles. The van der Waals surface area contributed by atoms with Gasteiger partial charge in [-0.25, -0.2) is 0 Å². The Morgan fingerprint density at radius 1 is 1.73 bits per heavy atom. The molecule has 1 N–H and O–H groups in total. The highest BCUT2D eigenvalue weighted by Gasteiger charge is 2.06. The summed E-state index contributed by atoms with van der Waals surface area (Å²) in [6, 6.07) is 0. The molecular formula is C8H16N2S. The average molecular weight is 172 g/mol. The number of hydrogen-bond donors (Lipinski definition) is 1. The van der Waals surface area contributed by atoms with Crippen LogP contribution in [0.2, 0.25) is 0 Å². The van der Waals surface area contributed by atoms with E-state index in [0.29, 0.717) is 0 Å². The van der Waals surface area contributed by atoms with Crippen LogP contribution in [0.25, 0.3) is 0 Å². The number of aliphatic imine (C=N–C) groups is 1. The van der Waals surface area contributed by atoms with Crippen molar-refractivity contribution in [2.75, 3.05) is 18.8 Å². The van der Waals surface area contributed by atoms with Crippen molar-refractivity contribution in [2.24, 2.45) is 10.9 Å². The molecule has 0 bridgehead atoms. The summed E-state index contributed by atoms with van der Waals surface area (Å²) in [7, 11) is 0. The molecule has 0 radical (unpaired) electrons. The Labute approximate surface area is 72.9 Å². The molecule has 1 aliphatic rings. The van der Waals surface area contributed by atoms with Crippen molar-refractivity contribution in [3.8, 4) is 0 Å². The Kier molecular flexibility index (Phi) is 3.77. The van der Waals surface area contributed by atoms with Crippen LogP contribution in [0, 0.1) is 5.92 Å². The number of rotatable bonds is 3. The molecule has 0 saturated carbocycles. The molecule has 0 amide bonds. The Hall–Kier alpha value is -0.180. The second-order valence-corrected chi connectivity index (χ2v) is 4.01. The van der Waals surface area contributed by atoms with Crippen molar-refractivity contribution in [3.63, 3.8) is 0 Å². The van der Waals surface area contributed by atoms with E-state index < -0.39 is 0 Å². The molecule has 0 aromatic rings. The molecule has 1 unspecified atom stereocenters. The first-order valence-electron chi connectivity index (χ1n) is 4.24. The van der Waals surface area contributed by atoms with Gasteiger partial charge in [-0.3, -0.25) is 4.99 Å². The summed E-state index contributed by atoms with van der Waals surface area (Å²) in [6.45, 7) is 6.54. The molecule has 0 aliphatic carbocycles. The largest absolute Gasteiger partial charge is 0.365 e. The highest BCUT2D eigenvalue weighted by atomic mass is 32.2. The maximum Gasteiger partial charge on any atom is 0.156 e. The lowest BCUT2D eigenvalue weighted by molar-refractivity contribution is 0.550. The molecule has 1 atom stereocenters. The zero-order chi connectivity index (χ0) is 8.10. The van der Waals surface area contributed by atoms with Gasteiger partial charge in [0.1, 0.15) is 0 Å². The van der Waals surface area contributed by atoms with Crippen molar-refractivity contribution in [3.05, 3.63) is 0 Å². The average Bonchev–Trinajstić information content (AvgIpc) is 2.52. The van der Waals surface area contributed by atoms with Gasteiger partial charge in [0.25, 0.3) is 0 Å². The fourth-order valence-electron chi connectivity index (χ4n) is 0.848. The van der Waals surface area contributed by atoms with Crippen LogP contribution in [-0.4, -0.2) is 24.0 Å². The topological polar surface area (TPSA) is 24.4 Å². The Bertz CT molecular complexity index is 145. The van der Waals surface area contributed by atoms with Gasteiger partial charge in [0.05, 0.1) is 6.54 Å². The van der Waals surface area contributed by atoms with E-state index in [1.165, 1.54) is 6.42 Å². The standard InChI is InChI=1S/C8H16N2S/c1-3-7(2)6-10-8-9-4-5-11-8/h7H,3-6H2,1-2H3,(H,9,10). The summed E-state index contributed by atoms with van der Waals surface area (Å²) in [5.41, 5.74) is 0. The maximum absolute atomic E-state index is 4.31. The van der Waals surface area contributed by atoms with Crippen LogP contribution in [0.5, 0.6) is 0 Å². The van der Waals surface area contributed by atoms with Crippen LogP contribution in [0.3, 0.4) is 0 Å². The lowest BCUT2D eigenvalue weighted by Gasteiger charge is -2.09. The van der Waals surface area contributed by atoms with Gasteiger partial charge >= 0.3 is 0 Å². The van der Waals surface area contributed by atoms with Crippen LogP contribution in [0.15, 0.2) is 4.99 Å². The second kappa shape index (κ2) is 4.65.